The molecule has 15 heteroatoms. The zero-order chi connectivity index (χ0) is 80.9. The van der Waals surface area contributed by atoms with Gasteiger partial charge < -0.3 is 39.3 Å². The highest BCUT2D eigenvalue weighted by Gasteiger charge is 2.28. The van der Waals surface area contributed by atoms with Crippen molar-refractivity contribution >= 4 is 34.0 Å². The van der Waals surface area contributed by atoms with Crippen LogP contribution in [0.15, 0.2) is 48.6 Å². The Balaban J connectivity index is -0.00000194. The largest absolute Gasteiger partial charge is 0.759 e. The number of quaternary nitrogens is 2. The van der Waals surface area contributed by atoms with Crippen LogP contribution in [0.4, 0.5) is 0 Å². The highest BCUT2D eigenvalue weighted by Crippen LogP contribution is 2.20. The van der Waals surface area contributed by atoms with Gasteiger partial charge in [-0.3, -0.25) is 27.6 Å². The van der Waals surface area contributed by atoms with Crippen LogP contribution in [0.3, 0.4) is 0 Å². The second kappa shape index (κ2) is 85.5. The Morgan fingerprint density at radius 2 is 0.413 bits per heavy atom. The first-order valence-corrected chi connectivity index (χ1v) is 48.1. The number of amides is 4. The van der Waals surface area contributed by atoms with E-state index < -0.39 is 10.4 Å². The molecule has 4 N–H and O–H groups in total. The van der Waals surface area contributed by atoms with Crippen molar-refractivity contribution in [2.24, 2.45) is 0 Å². The molecule has 644 valence electrons. The van der Waals surface area contributed by atoms with E-state index in [4.69, 9.17) is 17.5 Å². The lowest BCUT2D eigenvalue weighted by molar-refractivity contribution is -0.932. The maximum absolute atomic E-state index is 12.4. The van der Waals surface area contributed by atoms with Crippen LogP contribution in [0, 0.1) is 0 Å². The molecule has 0 aliphatic carbocycles. The predicted molar refractivity (Wildman–Crippen MR) is 470 cm³/mol. The number of hydrogen-bond acceptors (Lipinski definition) is 8. The van der Waals surface area contributed by atoms with Gasteiger partial charge in [0.15, 0.2) is 0 Å². The highest BCUT2D eigenvalue weighted by atomic mass is 32.3. The maximum atomic E-state index is 12.4. The number of unbranched alkanes of at least 4 members (excludes halogenated alkanes) is 44. The summed E-state index contributed by atoms with van der Waals surface area (Å²) in [6.45, 7) is 25.6. The van der Waals surface area contributed by atoms with Crippen molar-refractivity contribution in [2.75, 3.05) is 66.5 Å². The lowest BCUT2D eigenvalue weighted by Gasteiger charge is -2.40. The van der Waals surface area contributed by atoms with Crippen molar-refractivity contribution in [1.82, 2.24) is 21.3 Å². The Morgan fingerprint density at radius 3 is 0.569 bits per heavy atom. The predicted octanol–water partition coefficient (Wildman–Crippen LogP) is 25.3. The van der Waals surface area contributed by atoms with Crippen molar-refractivity contribution in [3.05, 3.63) is 48.6 Å². The van der Waals surface area contributed by atoms with E-state index in [1.807, 2.05) is 0 Å². The quantitative estimate of drug-likeness (QED) is 0.0152. The van der Waals surface area contributed by atoms with Gasteiger partial charge in [0.05, 0.1) is 52.4 Å². The molecule has 0 saturated heterocycles. The molecule has 14 nitrogen and oxygen atoms in total. The standard InChI is InChI=1S/2C47H91N3O2.H2O4S/c2*1-6-9-11-13-15-17-19-21-23-25-27-29-31-33-35-39-46(51)48-41-37-43-50(5,45(4)8-3)44-38-42-49-47(52)40-36-34-32-30-28-26-24-22-20-18-16-14-12-10-7-2;1-5(2,3)4/h2*21-24,45H,6-20,25-44H2,1-5H3,(H-,48,49,51,52);(H2,1,2,3,4). The number of rotatable bonds is 80. The normalized spacial score (nSPS) is 13.5. The van der Waals surface area contributed by atoms with E-state index >= 15 is 0 Å². The lowest BCUT2D eigenvalue weighted by Crippen LogP contribution is -2.53. The molecule has 0 bridgehead atoms. The molecule has 2 atom stereocenters. The van der Waals surface area contributed by atoms with Gasteiger partial charge >= 0.3 is 0 Å². The summed E-state index contributed by atoms with van der Waals surface area (Å²) in [6, 6.07) is 1.14. The SMILES string of the molecule is CCCCCCCCC=CCCCCCCCC(=O)NCCC[N+](C)(CCCNC(=O)CCCCCCCC=CCCCCCCCC)C(C)CC.CCCCCCCCC=CCCCCCCCC(=O)NCCC[N+](C)(CCCNC(=O)CCCCCCCC=CCCCCCCCC)C(C)CC.O=S(=O)([O-])[O-]. The van der Waals surface area contributed by atoms with E-state index in [2.05, 4.69) is 139 Å². The fourth-order valence-electron chi connectivity index (χ4n) is 14.4. The van der Waals surface area contributed by atoms with E-state index in [1.54, 1.807) is 0 Å². The number of hydrogen-bond donors (Lipinski definition) is 4. The third-order valence-electron chi connectivity index (χ3n) is 22.6. The van der Waals surface area contributed by atoms with Crippen LogP contribution in [0.5, 0.6) is 0 Å². The van der Waals surface area contributed by atoms with Crippen molar-refractivity contribution in [2.45, 2.75) is 466 Å². The molecular weight excluding hydrogens is 1370 g/mol. The first kappa shape index (κ1) is 110. The molecule has 0 aliphatic heterocycles. The van der Waals surface area contributed by atoms with Gasteiger partial charge in [0.2, 0.25) is 23.6 Å². The molecule has 0 aliphatic rings. The second-order valence-electron chi connectivity index (χ2n) is 32.9. The average Bonchev–Trinajstić information content (AvgIpc) is 0.871. The van der Waals surface area contributed by atoms with Crippen LogP contribution in [0.2, 0.25) is 0 Å². The monoisotopic (exact) mass is 1560 g/mol. The molecular formula is C94H184N6O8S. The molecule has 0 spiro atoms. The first-order chi connectivity index (χ1) is 52.8. The molecule has 0 radical (unpaired) electrons. The van der Waals surface area contributed by atoms with E-state index in [1.165, 1.54) is 283 Å². The summed E-state index contributed by atoms with van der Waals surface area (Å²) < 4.78 is 36.1. The first-order valence-electron chi connectivity index (χ1n) is 46.8. The van der Waals surface area contributed by atoms with Crippen LogP contribution >= 0.6 is 0 Å². The Hall–Kier alpha value is -3.37. The zero-order valence-corrected chi connectivity index (χ0v) is 74.7. The van der Waals surface area contributed by atoms with Crippen molar-refractivity contribution in [3.8, 4) is 0 Å². The summed E-state index contributed by atoms with van der Waals surface area (Å²) in [4.78, 5) is 49.7. The molecule has 0 fully saturated rings. The molecule has 0 aromatic heterocycles. The molecule has 2 unspecified atom stereocenters. The summed E-state index contributed by atoms with van der Waals surface area (Å²) in [6.07, 6.45) is 94.6. The number of carbonyl (C=O) groups excluding carboxylic acids is 4. The fraction of sp³-hybridized carbons (Fsp3) is 0.872. The fourth-order valence-corrected chi connectivity index (χ4v) is 14.4. The van der Waals surface area contributed by atoms with Gasteiger partial charge in [-0.25, -0.2) is 0 Å². The molecule has 4 amide bonds. The lowest BCUT2D eigenvalue weighted by atomic mass is 10.1. The minimum atomic E-state index is -5.17. The van der Waals surface area contributed by atoms with Crippen molar-refractivity contribution in [1.29, 1.82) is 0 Å². The number of nitrogens with zero attached hydrogens (tertiary/aromatic N) is 2. The van der Waals surface area contributed by atoms with Gasteiger partial charge in [0.1, 0.15) is 0 Å². The Kier molecular flexibility index (Phi) is 86.1. The van der Waals surface area contributed by atoms with E-state index in [-0.39, 0.29) is 23.6 Å². The van der Waals surface area contributed by atoms with Crippen LogP contribution < -0.4 is 21.3 Å². The van der Waals surface area contributed by atoms with Crippen molar-refractivity contribution < 1.29 is 45.7 Å². The number of carbonyl (C=O) groups is 4. The summed E-state index contributed by atoms with van der Waals surface area (Å²) in [7, 11) is -0.455. The summed E-state index contributed by atoms with van der Waals surface area (Å²) in [5.74, 6) is 0.849. The van der Waals surface area contributed by atoms with E-state index in [0.717, 1.165) is 151 Å². The topological polar surface area (TPSA) is 197 Å². The zero-order valence-electron chi connectivity index (χ0n) is 73.8. The minimum Gasteiger partial charge on any atom is -0.759 e. The molecule has 0 rings (SSSR count). The smallest absolute Gasteiger partial charge is 0.219 e. The van der Waals surface area contributed by atoms with E-state index in [0.29, 0.717) is 37.8 Å². The summed E-state index contributed by atoms with van der Waals surface area (Å²) in [5, 5.41) is 12.7. The van der Waals surface area contributed by atoms with Gasteiger partial charge in [-0.05, 0) is 155 Å². The van der Waals surface area contributed by atoms with Crippen LogP contribution in [0.1, 0.15) is 453 Å². The van der Waals surface area contributed by atoms with Crippen LogP contribution in [-0.4, -0.2) is 129 Å². The molecule has 0 saturated carbocycles. The Labute approximate surface area is 677 Å². The Morgan fingerprint density at radius 1 is 0.266 bits per heavy atom. The Bertz CT molecular complexity index is 1940. The van der Waals surface area contributed by atoms with Gasteiger partial charge in [0, 0.05) is 87.9 Å². The van der Waals surface area contributed by atoms with Crippen LogP contribution in [-0.2, 0) is 29.6 Å². The molecule has 0 aromatic rings. The highest BCUT2D eigenvalue weighted by molar-refractivity contribution is 7.79. The van der Waals surface area contributed by atoms with Crippen molar-refractivity contribution in [3.63, 3.8) is 0 Å². The van der Waals surface area contributed by atoms with Gasteiger partial charge in [0.25, 0.3) is 0 Å². The van der Waals surface area contributed by atoms with Crippen LogP contribution in [0.25, 0.3) is 0 Å². The third kappa shape index (κ3) is 86.9. The molecule has 0 heterocycles. The van der Waals surface area contributed by atoms with Gasteiger partial charge in [-0.15, -0.1) is 0 Å². The van der Waals surface area contributed by atoms with E-state index in [9.17, 15) is 19.2 Å². The number of nitrogens with one attached hydrogen (secondary N) is 4. The maximum Gasteiger partial charge on any atom is 0.219 e. The number of allylic oxidation sites excluding steroid dienone is 8. The summed E-state index contributed by atoms with van der Waals surface area (Å²) in [5.41, 5.74) is 0. The second-order valence-corrected chi connectivity index (χ2v) is 33.7. The molecule has 0 aromatic carbocycles. The summed E-state index contributed by atoms with van der Waals surface area (Å²) >= 11 is 0. The third-order valence-corrected chi connectivity index (χ3v) is 22.6. The van der Waals surface area contributed by atoms with Gasteiger partial charge in [-0.2, -0.15) is 0 Å². The molecule has 109 heavy (non-hydrogen) atoms. The average molecular weight is 1560 g/mol. The van der Waals surface area contributed by atoms with Gasteiger partial charge in [-0.1, -0.05) is 296 Å². The minimum absolute atomic E-state index is 0.212.